The third kappa shape index (κ3) is 6.31. The number of amides is 2. The predicted octanol–water partition coefficient (Wildman–Crippen LogP) is 5.00. The fraction of sp³-hybridized carbons (Fsp3) is 0.217. The van der Waals surface area contributed by atoms with Crippen molar-refractivity contribution in [2.24, 2.45) is 0 Å². The number of nitrogens with zero attached hydrogens (tertiary/aromatic N) is 3. The van der Waals surface area contributed by atoms with Crippen molar-refractivity contribution in [2.45, 2.75) is 24.7 Å². The number of benzene rings is 2. The molecule has 0 radical (unpaired) electrons. The van der Waals surface area contributed by atoms with Gasteiger partial charge in [-0.25, -0.2) is 0 Å². The molecule has 178 valence electrons. The summed E-state index contributed by atoms with van der Waals surface area (Å²) in [6.45, 7) is 5.97. The van der Waals surface area contributed by atoms with E-state index in [4.69, 9.17) is 27.9 Å². The molecule has 3 aromatic rings. The number of halogens is 2. The van der Waals surface area contributed by atoms with Crippen LogP contribution in [0.3, 0.4) is 0 Å². The van der Waals surface area contributed by atoms with Gasteiger partial charge in [-0.05, 0) is 37.3 Å². The summed E-state index contributed by atoms with van der Waals surface area (Å²) in [5.41, 5.74) is 0.886. The van der Waals surface area contributed by atoms with Gasteiger partial charge in [-0.1, -0.05) is 53.2 Å². The van der Waals surface area contributed by atoms with E-state index in [-0.39, 0.29) is 22.6 Å². The Bertz CT molecular complexity index is 1200. The molecule has 34 heavy (non-hydrogen) atoms. The maximum Gasteiger partial charge on any atom is 0.253 e. The van der Waals surface area contributed by atoms with Crippen molar-refractivity contribution >= 4 is 52.5 Å². The summed E-state index contributed by atoms with van der Waals surface area (Å²) in [7, 11) is 1.54. The SMILES string of the molecule is C=CCn1c(SCC(=O)Nc2ccccc2OC)nnc1C(C)NC(=O)c1ccc(Cl)cc1Cl. The molecule has 2 amide bonds. The first-order valence-corrected chi connectivity index (χ1v) is 11.9. The minimum absolute atomic E-state index is 0.106. The van der Waals surface area contributed by atoms with Gasteiger partial charge in [0.05, 0.1) is 35.2 Å². The van der Waals surface area contributed by atoms with E-state index in [0.29, 0.717) is 39.5 Å². The van der Waals surface area contributed by atoms with Crippen LogP contribution >= 0.6 is 35.0 Å². The van der Waals surface area contributed by atoms with Crippen molar-refractivity contribution in [3.8, 4) is 5.75 Å². The molecule has 1 unspecified atom stereocenters. The molecule has 1 atom stereocenters. The summed E-state index contributed by atoms with van der Waals surface area (Å²) in [5.74, 6) is 0.610. The number of anilines is 1. The van der Waals surface area contributed by atoms with Gasteiger partial charge in [0.25, 0.3) is 5.91 Å². The highest BCUT2D eigenvalue weighted by Crippen LogP contribution is 2.26. The van der Waals surface area contributed by atoms with E-state index in [1.165, 1.54) is 17.8 Å². The average Bonchev–Trinajstić information content (AvgIpc) is 3.21. The van der Waals surface area contributed by atoms with E-state index >= 15 is 0 Å². The summed E-state index contributed by atoms with van der Waals surface area (Å²) in [6.07, 6.45) is 1.69. The Hall–Kier alpha value is -3.01. The molecule has 2 N–H and O–H groups in total. The largest absolute Gasteiger partial charge is 0.495 e. The number of hydrogen-bond acceptors (Lipinski definition) is 6. The molecule has 3 rings (SSSR count). The molecule has 1 aromatic heterocycles. The topological polar surface area (TPSA) is 98.1 Å². The summed E-state index contributed by atoms with van der Waals surface area (Å²) >= 11 is 13.3. The van der Waals surface area contributed by atoms with E-state index in [1.807, 2.05) is 12.1 Å². The third-order valence-electron chi connectivity index (χ3n) is 4.68. The van der Waals surface area contributed by atoms with Crippen LogP contribution in [-0.4, -0.2) is 39.4 Å². The van der Waals surface area contributed by atoms with Crippen molar-refractivity contribution in [3.05, 3.63) is 76.6 Å². The third-order valence-corrected chi connectivity index (χ3v) is 6.20. The number of nitrogens with one attached hydrogen (secondary N) is 2. The minimum Gasteiger partial charge on any atom is -0.495 e. The zero-order chi connectivity index (χ0) is 24.7. The predicted molar refractivity (Wildman–Crippen MR) is 135 cm³/mol. The maximum absolute atomic E-state index is 12.7. The van der Waals surface area contributed by atoms with Crippen LogP contribution in [0.25, 0.3) is 0 Å². The number of rotatable bonds is 10. The second kappa shape index (κ2) is 11.9. The van der Waals surface area contributed by atoms with Gasteiger partial charge in [-0.3, -0.25) is 9.59 Å². The van der Waals surface area contributed by atoms with Gasteiger partial charge in [-0.15, -0.1) is 16.8 Å². The highest BCUT2D eigenvalue weighted by Gasteiger charge is 2.21. The lowest BCUT2D eigenvalue weighted by molar-refractivity contribution is -0.113. The van der Waals surface area contributed by atoms with Crippen molar-refractivity contribution in [2.75, 3.05) is 18.2 Å². The lowest BCUT2D eigenvalue weighted by Crippen LogP contribution is -2.29. The van der Waals surface area contributed by atoms with Crippen molar-refractivity contribution < 1.29 is 14.3 Å². The van der Waals surface area contributed by atoms with Crippen LogP contribution in [0.4, 0.5) is 5.69 Å². The molecular formula is C23H23Cl2N5O3S. The lowest BCUT2D eigenvalue weighted by atomic mass is 10.2. The Morgan fingerprint density at radius 1 is 1.24 bits per heavy atom. The zero-order valence-electron chi connectivity index (χ0n) is 18.5. The Balaban J connectivity index is 1.69. The first kappa shape index (κ1) is 25.6. The monoisotopic (exact) mass is 519 g/mol. The van der Waals surface area contributed by atoms with Gasteiger partial charge in [0.2, 0.25) is 5.91 Å². The summed E-state index contributed by atoms with van der Waals surface area (Å²) in [5, 5.41) is 15.3. The van der Waals surface area contributed by atoms with Gasteiger partial charge in [0.1, 0.15) is 5.75 Å². The molecule has 1 heterocycles. The molecule has 0 saturated heterocycles. The Labute approximate surface area is 211 Å². The second-order valence-electron chi connectivity index (χ2n) is 7.10. The number of thioether (sulfide) groups is 1. The Morgan fingerprint density at radius 2 is 2.00 bits per heavy atom. The number of carbonyl (C=O) groups is 2. The van der Waals surface area contributed by atoms with Gasteiger partial charge in [-0.2, -0.15) is 0 Å². The number of aromatic nitrogens is 3. The summed E-state index contributed by atoms with van der Waals surface area (Å²) in [4.78, 5) is 25.2. The highest BCUT2D eigenvalue weighted by atomic mass is 35.5. The fourth-order valence-corrected chi connectivity index (χ4v) is 4.35. The van der Waals surface area contributed by atoms with Gasteiger partial charge >= 0.3 is 0 Å². The van der Waals surface area contributed by atoms with Gasteiger partial charge in [0, 0.05) is 11.6 Å². The second-order valence-corrected chi connectivity index (χ2v) is 8.88. The molecule has 0 aliphatic heterocycles. The highest BCUT2D eigenvalue weighted by molar-refractivity contribution is 7.99. The molecule has 0 aliphatic carbocycles. The summed E-state index contributed by atoms with van der Waals surface area (Å²) in [6, 6.07) is 11.3. The van der Waals surface area contributed by atoms with Gasteiger partial charge < -0.3 is 19.9 Å². The number of hydrogen-bond donors (Lipinski definition) is 2. The van der Waals surface area contributed by atoms with E-state index in [0.717, 1.165) is 0 Å². The normalized spacial score (nSPS) is 11.5. The molecule has 8 nitrogen and oxygen atoms in total. The van der Waals surface area contributed by atoms with Crippen molar-refractivity contribution in [1.82, 2.24) is 20.1 Å². The first-order chi connectivity index (χ1) is 16.3. The number of para-hydroxylation sites is 2. The minimum atomic E-state index is -0.483. The van der Waals surface area contributed by atoms with Crippen LogP contribution in [0.15, 0.2) is 60.3 Å². The Kier molecular flexibility index (Phi) is 8.98. The Morgan fingerprint density at radius 3 is 2.71 bits per heavy atom. The lowest BCUT2D eigenvalue weighted by Gasteiger charge is -2.16. The van der Waals surface area contributed by atoms with Crippen LogP contribution in [0.5, 0.6) is 5.75 Å². The number of carbonyl (C=O) groups excluding carboxylic acids is 2. The molecule has 0 saturated carbocycles. The maximum atomic E-state index is 12.7. The smallest absolute Gasteiger partial charge is 0.253 e. The standard InChI is InChI=1S/C23H23Cl2N5O3S/c1-4-11-30-21(14(2)26-22(32)16-10-9-15(24)12-17(16)25)28-29-23(30)34-13-20(31)27-18-7-5-6-8-19(18)33-3/h4-10,12,14H,1,11,13H2,2-3H3,(H,26,32)(H,27,31). The fourth-order valence-electron chi connectivity index (χ4n) is 3.10. The molecule has 0 bridgehead atoms. The molecule has 0 fully saturated rings. The van der Waals surface area contributed by atoms with E-state index in [1.54, 1.807) is 48.9 Å². The van der Waals surface area contributed by atoms with E-state index < -0.39 is 6.04 Å². The summed E-state index contributed by atoms with van der Waals surface area (Å²) < 4.78 is 7.05. The van der Waals surface area contributed by atoms with Crippen LogP contribution in [0, 0.1) is 0 Å². The quantitative estimate of drug-likeness (QED) is 0.288. The molecule has 2 aromatic carbocycles. The molecule has 11 heteroatoms. The first-order valence-electron chi connectivity index (χ1n) is 10.2. The van der Waals surface area contributed by atoms with E-state index in [2.05, 4.69) is 27.4 Å². The van der Waals surface area contributed by atoms with Crippen LogP contribution in [-0.2, 0) is 11.3 Å². The van der Waals surface area contributed by atoms with Crippen LogP contribution in [0.2, 0.25) is 10.0 Å². The number of allylic oxidation sites excluding steroid dienone is 1. The molecule has 0 aliphatic rings. The van der Waals surface area contributed by atoms with Crippen molar-refractivity contribution in [3.63, 3.8) is 0 Å². The zero-order valence-corrected chi connectivity index (χ0v) is 20.9. The average molecular weight is 520 g/mol. The van der Waals surface area contributed by atoms with Crippen LogP contribution < -0.4 is 15.4 Å². The number of ether oxygens (including phenoxy) is 1. The van der Waals surface area contributed by atoms with Crippen LogP contribution in [0.1, 0.15) is 29.1 Å². The van der Waals surface area contributed by atoms with E-state index in [9.17, 15) is 9.59 Å². The molecule has 0 spiro atoms. The molecular weight excluding hydrogens is 497 g/mol. The van der Waals surface area contributed by atoms with Crippen molar-refractivity contribution in [1.29, 1.82) is 0 Å². The number of methoxy groups -OCH3 is 1. The van der Waals surface area contributed by atoms with Gasteiger partial charge in [0.15, 0.2) is 11.0 Å².